The van der Waals surface area contributed by atoms with Crippen LogP contribution in [0.2, 0.25) is 0 Å². The molecule has 0 aromatic rings. The molecule has 0 amide bonds. The van der Waals surface area contributed by atoms with Gasteiger partial charge in [0.25, 0.3) is 0 Å². The molecule has 0 fully saturated rings. The van der Waals surface area contributed by atoms with Crippen molar-refractivity contribution < 1.29 is 29.7 Å². The summed E-state index contributed by atoms with van der Waals surface area (Å²) in [5.41, 5.74) is 0. The molecule has 0 atom stereocenters. The fourth-order valence-corrected chi connectivity index (χ4v) is 1.94. The molecule has 0 saturated carbocycles. The lowest BCUT2D eigenvalue weighted by atomic mass is 9.97. The summed E-state index contributed by atoms with van der Waals surface area (Å²) in [5.74, 6) is -3.53. The highest BCUT2D eigenvalue weighted by atomic mass is 16.4. The first-order valence-corrected chi connectivity index (χ1v) is 6.73. The Morgan fingerprint density at radius 3 is 1.76 bits per heavy atom. The van der Waals surface area contributed by atoms with Gasteiger partial charge in [0.05, 0.1) is 6.54 Å². The third-order valence-electron chi connectivity index (χ3n) is 3.00. The molecule has 0 aromatic carbocycles. The van der Waals surface area contributed by atoms with Crippen LogP contribution in [0.15, 0.2) is 0 Å². The van der Waals surface area contributed by atoms with Crippen molar-refractivity contribution in [2.24, 2.45) is 5.92 Å². The van der Waals surface area contributed by atoms with Crippen molar-refractivity contribution in [1.29, 1.82) is 0 Å². The van der Waals surface area contributed by atoms with Gasteiger partial charge in [-0.3, -0.25) is 19.3 Å². The highest BCUT2D eigenvalue weighted by molar-refractivity contribution is 5.70. The second-order valence-corrected chi connectivity index (χ2v) is 5.32. The van der Waals surface area contributed by atoms with E-state index in [0.717, 1.165) is 0 Å². The first-order chi connectivity index (χ1) is 9.70. The number of carboxylic acid groups (broad SMARTS) is 3. The molecule has 8 nitrogen and oxygen atoms in total. The highest BCUT2D eigenvalue weighted by Crippen LogP contribution is 2.14. The second-order valence-electron chi connectivity index (χ2n) is 5.32. The molecular formula is C13H24N2O6. The maximum absolute atomic E-state index is 10.8. The van der Waals surface area contributed by atoms with Crippen LogP contribution < -0.4 is 0 Å². The van der Waals surface area contributed by atoms with E-state index < -0.39 is 23.8 Å². The molecule has 0 aliphatic heterocycles. The predicted octanol–water partition coefficient (Wildman–Crippen LogP) is -0.110. The molecule has 0 aliphatic carbocycles. The van der Waals surface area contributed by atoms with Crippen LogP contribution in [0, 0.1) is 5.92 Å². The number of carbonyl (C=O) groups is 3. The number of carboxylic acids is 3. The van der Waals surface area contributed by atoms with Gasteiger partial charge in [0.1, 0.15) is 0 Å². The smallest absolute Gasteiger partial charge is 0.317 e. The van der Waals surface area contributed by atoms with Gasteiger partial charge in [0.15, 0.2) is 0 Å². The van der Waals surface area contributed by atoms with E-state index in [1.807, 2.05) is 19.0 Å². The topological polar surface area (TPSA) is 118 Å². The van der Waals surface area contributed by atoms with Crippen LogP contribution in [0.25, 0.3) is 0 Å². The standard InChI is InChI=1S/C13H24N2O6/c1-14(2)5-6-15(9-13(20)21)4-3-10(7-11(16)17)8-12(18)19/h10H,3-9H2,1-2H3,(H,16,17)(H,18,19)(H,20,21). The Kier molecular flexibility index (Phi) is 9.31. The van der Waals surface area contributed by atoms with Crippen LogP contribution in [0.5, 0.6) is 0 Å². The number of hydrogen-bond donors (Lipinski definition) is 3. The summed E-state index contributed by atoms with van der Waals surface area (Å²) in [5, 5.41) is 26.4. The Balaban J connectivity index is 4.45. The first kappa shape index (κ1) is 19.3. The summed E-state index contributed by atoms with van der Waals surface area (Å²) in [6.45, 7) is 1.44. The number of nitrogens with zero attached hydrogens (tertiary/aromatic N) is 2. The monoisotopic (exact) mass is 304 g/mol. The van der Waals surface area contributed by atoms with E-state index in [4.69, 9.17) is 15.3 Å². The summed E-state index contributed by atoms with van der Waals surface area (Å²) in [7, 11) is 3.74. The minimum absolute atomic E-state index is 0.138. The Labute approximate surface area is 124 Å². The molecule has 0 spiro atoms. The van der Waals surface area contributed by atoms with Gasteiger partial charge in [0, 0.05) is 25.9 Å². The molecule has 0 radical (unpaired) electrons. The maximum atomic E-state index is 10.8. The van der Waals surface area contributed by atoms with Crippen molar-refractivity contribution in [3.8, 4) is 0 Å². The lowest BCUT2D eigenvalue weighted by Crippen LogP contribution is -2.37. The normalized spacial score (nSPS) is 11.3. The first-order valence-electron chi connectivity index (χ1n) is 6.73. The van der Waals surface area contributed by atoms with E-state index in [-0.39, 0.29) is 19.4 Å². The zero-order valence-corrected chi connectivity index (χ0v) is 12.5. The number of hydrogen-bond acceptors (Lipinski definition) is 5. The number of likely N-dealkylation sites (N-methyl/N-ethyl adjacent to an activating group) is 1. The molecular weight excluding hydrogens is 280 g/mol. The van der Waals surface area contributed by atoms with Gasteiger partial charge in [0.2, 0.25) is 0 Å². The molecule has 0 rings (SSSR count). The van der Waals surface area contributed by atoms with E-state index in [1.165, 1.54) is 0 Å². The molecule has 0 heterocycles. The zero-order valence-electron chi connectivity index (χ0n) is 12.5. The Morgan fingerprint density at radius 1 is 0.857 bits per heavy atom. The SMILES string of the molecule is CN(C)CCN(CCC(CC(=O)O)CC(=O)O)CC(=O)O. The van der Waals surface area contributed by atoms with Crippen molar-refractivity contribution >= 4 is 17.9 Å². The molecule has 0 aromatic heterocycles. The minimum atomic E-state index is -1.04. The number of aliphatic carboxylic acids is 3. The van der Waals surface area contributed by atoms with Crippen molar-refractivity contribution in [1.82, 2.24) is 9.80 Å². The van der Waals surface area contributed by atoms with Crippen LogP contribution in [-0.4, -0.2) is 83.3 Å². The highest BCUT2D eigenvalue weighted by Gasteiger charge is 2.19. The summed E-state index contributed by atoms with van der Waals surface area (Å²) in [6, 6.07) is 0. The number of rotatable bonds is 12. The largest absolute Gasteiger partial charge is 0.481 e. The lowest BCUT2D eigenvalue weighted by Gasteiger charge is -2.24. The van der Waals surface area contributed by atoms with Gasteiger partial charge >= 0.3 is 17.9 Å². The van der Waals surface area contributed by atoms with Crippen LogP contribution in [0.4, 0.5) is 0 Å². The fraction of sp³-hybridized carbons (Fsp3) is 0.769. The quantitative estimate of drug-likeness (QED) is 0.457. The van der Waals surface area contributed by atoms with E-state index in [2.05, 4.69) is 0 Å². The maximum Gasteiger partial charge on any atom is 0.317 e. The average Bonchev–Trinajstić information content (AvgIpc) is 2.30. The molecule has 21 heavy (non-hydrogen) atoms. The van der Waals surface area contributed by atoms with Gasteiger partial charge in [-0.15, -0.1) is 0 Å². The zero-order chi connectivity index (χ0) is 16.4. The predicted molar refractivity (Wildman–Crippen MR) is 75.2 cm³/mol. The van der Waals surface area contributed by atoms with Crippen molar-refractivity contribution in [3.05, 3.63) is 0 Å². The Bertz CT molecular complexity index is 343. The van der Waals surface area contributed by atoms with E-state index in [1.54, 1.807) is 4.90 Å². The Morgan fingerprint density at radius 2 is 1.38 bits per heavy atom. The van der Waals surface area contributed by atoms with Gasteiger partial charge < -0.3 is 20.2 Å². The summed E-state index contributed by atoms with van der Waals surface area (Å²) >= 11 is 0. The van der Waals surface area contributed by atoms with Gasteiger partial charge in [-0.25, -0.2) is 0 Å². The van der Waals surface area contributed by atoms with Crippen LogP contribution in [-0.2, 0) is 14.4 Å². The van der Waals surface area contributed by atoms with Crippen LogP contribution in [0.1, 0.15) is 19.3 Å². The van der Waals surface area contributed by atoms with E-state index >= 15 is 0 Å². The molecule has 0 saturated heterocycles. The molecule has 0 aliphatic rings. The Hall–Kier alpha value is -1.67. The van der Waals surface area contributed by atoms with Gasteiger partial charge in [-0.05, 0) is 33.0 Å². The van der Waals surface area contributed by atoms with E-state index in [9.17, 15) is 14.4 Å². The summed E-state index contributed by atoms with van der Waals surface area (Å²) < 4.78 is 0. The van der Waals surface area contributed by atoms with Crippen LogP contribution >= 0.6 is 0 Å². The summed E-state index contributed by atoms with van der Waals surface area (Å²) in [6.07, 6.45) is -0.0961. The van der Waals surface area contributed by atoms with E-state index in [0.29, 0.717) is 26.1 Å². The molecule has 0 bridgehead atoms. The molecule has 8 heteroatoms. The second kappa shape index (κ2) is 10.1. The summed E-state index contributed by atoms with van der Waals surface area (Å²) in [4.78, 5) is 35.9. The van der Waals surface area contributed by atoms with Crippen molar-refractivity contribution in [2.75, 3.05) is 40.3 Å². The lowest BCUT2D eigenvalue weighted by molar-refractivity contribution is -0.142. The minimum Gasteiger partial charge on any atom is -0.481 e. The third-order valence-corrected chi connectivity index (χ3v) is 3.00. The van der Waals surface area contributed by atoms with Gasteiger partial charge in [-0.1, -0.05) is 0 Å². The molecule has 122 valence electrons. The van der Waals surface area contributed by atoms with Crippen molar-refractivity contribution in [3.63, 3.8) is 0 Å². The van der Waals surface area contributed by atoms with Crippen LogP contribution in [0.3, 0.4) is 0 Å². The average molecular weight is 304 g/mol. The molecule has 0 unspecified atom stereocenters. The third kappa shape index (κ3) is 11.8. The van der Waals surface area contributed by atoms with Gasteiger partial charge in [-0.2, -0.15) is 0 Å². The fourth-order valence-electron chi connectivity index (χ4n) is 1.94. The molecule has 3 N–H and O–H groups in total. The van der Waals surface area contributed by atoms with Crippen molar-refractivity contribution in [2.45, 2.75) is 19.3 Å².